The molecule has 0 spiro atoms. The second-order valence-corrected chi connectivity index (χ2v) is 3.29. The monoisotopic (exact) mass is 219 g/mol. The van der Waals surface area contributed by atoms with Crippen molar-refractivity contribution in [1.82, 2.24) is 15.2 Å². The Morgan fingerprint density at radius 1 is 1.31 bits per heavy atom. The molecule has 0 aliphatic carbocycles. The van der Waals surface area contributed by atoms with Crippen LogP contribution in [0.5, 0.6) is 0 Å². The maximum Gasteiger partial charge on any atom is 0.319 e. The van der Waals surface area contributed by atoms with Crippen LogP contribution in [0, 0.1) is 0 Å². The van der Waals surface area contributed by atoms with Crippen molar-refractivity contribution in [2.75, 3.05) is 17.2 Å². The maximum absolute atomic E-state index is 5.39. The first-order chi connectivity index (χ1) is 7.79. The lowest BCUT2D eigenvalue weighted by Gasteiger charge is -2.17. The quantitative estimate of drug-likeness (QED) is 0.828. The van der Waals surface area contributed by atoms with Crippen molar-refractivity contribution in [3.05, 3.63) is 30.1 Å². The largest absolute Gasteiger partial charge is 0.390 e. The lowest BCUT2D eigenvalue weighted by molar-refractivity contribution is 0.549. The van der Waals surface area contributed by atoms with E-state index in [9.17, 15) is 0 Å². The van der Waals surface area contributed by atoms with E-state index in [1.165, 1.54) is 0 Å². The topological polar surface area (TPSA) is 81.1 Å². The summed E-state index contributed by atoms with van der Waals surface area (Å²) in [6, 6.07) is 4.42. The molecule has 0 amide bonds. The van der Waals surface area contributed by atoms with Crippen LogP contribution in [0.2, 0.25) is 0 Å². The van der Waals surface area contributed by atoms with Gasteiger partial charge < -0.3 is 15.1 Å². The number of nitrogens with zero attached hydrogens (tertiary/aromatic N) is 4. The van der Waals surface area contributed by atoms with Crippen LogP contribution >= 0.6 is 0 Å². The summed E-state index contributed by atoms with van der Waals surface area (Å²) in [6.07, 6.45) is 3.51. The van der Waals surface area contributed by atoms with Crippen molar-refractivity contribution < 1.29 is 4.42 Å². The van der Waals surface area contributed by atoms with Gasteiger partial charge in [-0.25, -0.2) is 0 Å². The molecule has 0 saturated carbocycles. The second kappa shape index (κ2) is 4.61. The summed E-state index contributed by atoms with van der Waals surface area (Å²) in [5, 5.41) is 7.49. The molecule has 0 atom stereocenters. The Hall–Kier alpha value is -2.11. The lowest BCUT2D eigenvalue weighted by Crippen LogP contribution is -2.22. The van der Waals surface area contributed by atoms with E-state index in [1.807, 2.05) is 24.0 Å². The zero-order chi connectivity index (χ0) is 11.4. The molecule has 2 rings (SSSR count). The van der Waals surface area contributed by atoms with E-state index in [2.05, 4.69) is 15.2 Å². The van der Waals surface area contributed by atoms with Gasteiger partial charge in [0.2, 0.25) is 0 Å². The zero-order valence-corrected chi connectivity index (χ0v) is 9.00. The third kappa shape index (κ3) is 2.28. The number of nitrogen functional groups attached to an aromatic ring is 1. The smallest absolute Gasteiger partial charge is 0.319 e. The average Bonchev–Trinajstić information content (AvgIpc) is 2.74. The SMILES string of the molecule is CCN(Cc1ccncc1)c1nnc(N)o1. The predicted molar refractivity (Wildman–Crippen MR) is 59.7 cm³/mol. The Morgan fingerprint density at radius 2 is 2.06 bits per heavy atom. The molecule has 0 saturated heterocycles. The second-order valence-electron chi connectivity index (χ2n) is 3.29. The van der Waals surface area contributed by atoms with Crippen LogP contribution in [0.25, 0.3) is 0 Å². The minimum absolute atomic E-state index is 0.0863. The van der Waals surface area contributed by atoms with Crippen molar-refractivity contribution in [2.24, 2.45) is 0 Å². The highest BCUT2D eigenvalue weighted by Gasteiger charge is 2.11. The fraction of sp³-hybridized carbons (Fsp3) is 0.300. The zero-order valence-electron chi connectivity index (χ0n) is 9.00. The Kier molecular flexibility index (Phi) is 3.00. The van der Waals surface area contributed by atoms with Gasteiger partial charge in [-0.05, 0) is 24.6 Å². The standard InChI is InChI=1S/C10H13N5O/c1-2-15(10-14-13-9(11)16-10)7-8-3-5-12-6-4-8/h3-6H,2,7H2,1H3,(H2,11,13). The van der Waals surface area contributed by atoms with E-state index in [0.29, 0.717) is 12.6 Å². The Morgan fingerprint density at radius 3 is 2.62 bits per heavy atom. The van der Waals surface area contributed by atoms with Gasteiger partial charge in [0.25, 0.3) is 0 Å². The van der Waals surface area contributed by atoms with E-state index < -0.39 is 0 Å². The normalized spacial score (nSPS) is 10.3. The van der Waals surface area contributed by atoms with Crippen molar-refractivity contribution in [2.45, 2.75) is 13.5 Å². The minimum atomic E-state index is 0.0863. The van der Waals surface area contributed by atoms with E-state index in [4.69, 9.17) is 10.2 Å². The van der Waals surface area contributed by atoms with Gasteiger partial charge in [-0.15, -0.1) is 0 Å². The van der Waals surface area contributed by atoms with Gasteiger partial charge in [-0.2, -0.15) is 0 Å². The van der Waals surface area contributed by atoms with Gasteiger partial charge in [0.05, 0.1) is 0 Å². The summed E-state index contributed by atoms with van der Waals surface area (Å²) in [6.45, 7) is 3.48. The molecule has 2 aromatic heterocycles. The van der Waals surface area contributed by atoms with Crippen LogP contribution in [0.15, 0.2) is 28.9 Å². The molecule has 0 fully saturated rings. The van der Waals surface area contributed by atoms with Gasteiger partial charge >= 0.3 is 12.0 Å². The van der Waals surface area contributed by atoms with E-state index in [-0.39, 0.29) is 6.01 Å². The highest BCUT2D eigenvalue weighted by Crippen LogP contribution is 2.15. The third-order valence-corrected chi connectivity index (χ3v) is 2.20. The van der Waals surface area contributed by atoms with Crippen LogP contribution < -0.4 is 10.6 Å². The summed E-state index contributed by atoms with van der Waals surface area (Å²) in [4.78, 5) is 5.91. The molecule has 84 valence electrons. The van der Waals surface area contributed by atoms with Gasteiger partial charge in [0.15, 0.2) is 0 Å². The number of hydrogen-bond acceptors (Lipinski definition) is 6. The highest BCUT2D eigenvalue weighted by molar-refractivity contribution is 5.29. The summed E-state index contributed by atoms with van der Waals surface area (Å²) < 4.78 is 5.17. The molecule has 0 aromatic carbocycles. The van der Waals surface area contributed by atoms with Crippen LogP contribution in [-0.2, 0) is 6.54 Å². The fourth-order valence-electron chi connectivity index (χ4n) is 1.38. The molecule has 0 unspecified atom stereocenters. The van der Waals surface area contributed by atoms with Gasteiger partial charge in [-0.3, -0.25) is 4.98 Å². The molecule has 2 heterocycles. The summed E-state index contributed by atoms with van der Waals surface area (Å²) >= 11 is 0. The van der Waals surface area contributed by atoms with Gasteiger partial charge in [0.1, 0.15) is 0 Å². The van der Waals surface area contributed by atoms with Crippen LogP contribution in [0.3, 0.4) is 0 Å². The van der Waals surface area contributed by atoms with Crippen molar-refractivity contribution in [1.29, 1.82) is 0 Å². The van der Waals surface area contributed by atoms with Crippen LogP contribution in [0.1, 0.15) is 12.5 Å². The number of anilines is 2. The summed E-state index contributed by atoms with van der Waals surface area (Å²) in [7, 11) is 0. The Bertz CT molecular complexity index is 441. The summed E-state index contributed by atoms with van der Waals surface area (Å²) in [5.74, 6) is 0. The number of aromatic nitrogens is 3. The van der Waals surface area contributed by atoms with Gasteiger partial charge in [-0.1, -0.05) is 10.2 Å². The minimum Gasteiger partial charge on any atom is -0.390 e. The first kappa shape index (κ1) is 10.4. The average molecular weight is 219 g/mol. The molecule has 0 radical (unpaired) electrons. The molecular weight excluding hydrogens is 206 g/mol. The number of hydrogen-bond donors (Lipinski definition) is 1. The van der Waals surface area contributed by atoms with E-state index >= 15 is 0 Å². The molecule has 6 nitrogen and oxygen atoms in total. The maximum atomic E-state index is 5.39. The third-order valence-electron chi connectivity index (χ3n) is 2.20. The van der Waals surface area contributed by atoms with Crippen molar-refractivity contribution in [3.63, 3.8) is 0 Å². The van der Waals surface area contributed by atoms with Gasteiger partial charge in [0, 0.05) is 25.5 Å². The molecule has 2 aromatic rings. The first-order valence-electron chi connectivity index (χ1n) is 5.02. The molecule has 0 bridgehead atoms. The first-order valence-corrected chi connectivity index (χ1v) is 5.02. The number of pyridine rings is 1. The number of rotatable bonds is 4. The predicted octanol–water partition coefficient (Wildman–Crippen LogP) is 1.07. The van der Waals surface area contributed by atoms with Crippen molar-refractivity contribution >= 4 is 12.0 Å². The van der Waals surface area contributed by atoms with E-state index in [1.54, 1.807) is 12.4 Å². The van der Waals surface area contributed by atoms with Crippen LogP contribution in [0.4, 0.5) is 12.0 Å². The summed E-state index contributed by atoms with van der Waals surface area (Å²) in [5.41, 5.74) is 6.52. The highest BCUT2D eigenvalue weighted by atomic mass is 16.4. The van der Waals surface area contributed by atoms with E-state index in [0.717, 1.165) is 12.1 Å². The molecule has 6 heteroatoms. The lowest BCUT2D eigenvalue weighted by atomic mass is 10.2. The fourth-order valence-corrected chi connectivity index (χ4v) is 1.38. The Balaban J connectivity index is 2.12. The molecule has 0 aliphatic rings. The molecule has 2 N–H and O–H groups in total. The van der Waals surface area contributed by atoms with Crippen molar-refractivity contribution in [3.8, 4) is 0 Å². The Labute approximate surface area is 93.1 Å². The molecule has 16 heavy (non-hydrogen) atoms. The number of nitrogens with two attached hydrogens (primary N) is 1. The van der Waals surface area contributed by atoms with Crippen LogP contribution in [-0.4, -0.2) is 21.7 Å². The molecular formula is C10H13N5O. The molecule has 0 aliphatic heterocycles.